The van der Waals surface area contributed by atoms with Gasteiger partial charge < -0.3 is 19.9 Å². The highest BCUT2D eigenvalue weighted by Crippen LogP contribution is 2.21. The Bertz CT molecular complexity index is 798. The first kappa shape index (κ1) is 20.3. The Morgan fingerprint density at radius 3 is 2.52 bits per heavy atom. The minimum Gasteiger partial charge on any atom is -0.488 e. The van der Waals surface area contributed by atoms with Crippen LogP contribution >= 0.6 is 0 Å². The van der Waals surface area contributed by atoms with Gasteiger partial charge in [0, 0.05) is 0 Å². The molecule has 0 fully saturated rings. The second kappa shape index (κ2) is 8.56. The summed E-state index contributed by atoms with van der Waals surface area (Å²) in [5.41, 5.74) is 1.56. The normalized spacial score (nSPS) is 11.1. The molecule has 0 saturated heterocycles. The van der Waals surface area contributed by atoms with Crippen molar-refractivity contribution in [3.63, 3.8) is 0 Å². The number of para-hydroxylation sites is 1. The van der Waals surface area contributed by atoms with Gasteiger partial charge in [-0.05, 0) is 26.0 Å². The first-order valence-electron chi connectivity index (χ1n) is 7.92. The molecule has 1 aromatic heterocycles. The van der Waals surface area contributed by atoms with Gasteiger partial charge in [-0.3, -0.25) is 9.59 Å². The fraction of sp³-hybridized carbons (Fsp3) is 0.353. The molecule has 146 valence electrons. The number of hydrogen-bond acceptors (Lipinski definition) is 5. The summed E-state index contributed by atoms with van der Waals surface area (Å²) >= 11 is 0. The Hall–Kier alpha value is -3.04. The molecule has 1 aromatic carbocycles. The van der Waals surface area contributed by atoms with E-state index in [1.54, 1.807) is 37.4 Å². The van der Waals surface area contributed by atoms with Crippen molar-refractivity contribution >= 4 is 11.8 Å². The summed E-state index contributed by atoms with van der Waals surface area (Å²) in [7, 11) is 0. The molecule has 0 radical (unpaired) electrons. The van der Waals surface area contributed by atoms with E-state index in [0.29, 0.717) is 11.5 Å². The fourth-order valence-electron chi connectivity index (χ4n) is 2.16. The number of amides is 2. The van der Waals surface area contributed by atoms with Crippen molar-refractivity contribution in [1.82, 2.24) is 15.8 Å². The third kappa shape index (κ3) is 6.01. The number of benzene rings is 1. The van der Waals surface area contributed by atoms with Crippen LogP contribution in [0.1, 0.15) is 27.4 Å². The van der Waals surface area contributed by atoms with Gasteiger partial charge in [-0.1, -0.05) is 17.3 Å². The number of rotatable bonds is 7. The highest BCUT2D eigenvalue weighted by molar-refractivity contribution is 5.98. The zero-order valence-electron chi connectivity index (χ0n) is 14.6. The number of aryl methyl sites for hydroxylation is 2. The maximum atomic E-state index is 12.2. The predicted molar refractivity (Wildman–Crippen MR) is 88.1 cm³/mol. The lowest BCUT2D eigenvalue weighted by Crippen LogP contribution is -2.40. The van der Waals surface area contributed by atoms with Crippen molar-refractivity contribution in [3.05, 3.63) is 46.8 Å². The lowest BCUT2D eigenvalue weighted by atomic mass is 10.2. The van der Waals surface area contributed by atoms with E-state index in [-0.39, 0.29) is 17.9 Å². The van der Waals surface area contributed by atoms with Crippen LogP contribution in [0.15, 0.2) is 28.8 Å². The molecular formula is C17H18F3N3O4. The maximum absolute atomic E-state index is 12.2. The maximum Gasteiger partial charge on any atom is 0.405 e. The highest BCUT2D eigenvalue weighted by Gasteiger charge is 2.27. The third-order valence-corrected chi connectivity index (χ3v) is 3.58. The van der Waals surface area contributed by atoms with Crippen LogP contribution < -0.4 is 15.4 Å². The van der Waals surface area contributed by atoms with Gasteiger partial charge in [-0.25, -0.2) is 0 Å². The average Bonchev–Trinajstić information content (AvgIpc) is 2.93. The SMILES string of the molecule is Cc1noc(C)c1COc1ccccc1C(=O)NCC(=O)NCC(F)(F)F. The molecule has 2 aromatic rings. The summed E-state index contributed by atoms with van der Waals surface area (Å²) in [6.07, 6.45) is -4.52. The Balaban J connectivity index is 1.96. The van der Waals surface area contributed by atoms with Gasteiger partial charge >= 0.3 is 6.18 Å². The molecule has 0 atom stereocenters. The lowest BCUT2D eigenvalue weighted by Gasteiger charge is -2.12. The molecule has 0 aliphatic carbocycles. The Morgan fingerprint density at radius 2 is 1.89 bits per heavy atom. The molecule has 1 heterocycles. The summed E-state index contributed by atoms with van der Waals surface area (Å²) in [6, 6.07) is 6.30. The number of carbonyl (C=O) groups excluding carboxylic acids is 2. The van der Waals surface area contributed by atoms with E-state index in [2.05, 4.69) is 10.5 Å². The molecule has 0 aliphatic rings. The predicted octanol–water partition coefficient (Wildman–Crippen LogP) is 2.28. The van der Waals surface area contributed by atoms with E-state index >= 15 is 0 Å². The fourth-order valence-corrected chi connectivity index (χ4v) is 2.16. The summed E-state index contributed by atoms with van der Waals surface area (Å²) < 4.78 is 46.9. The van der Waals surface area contributed by atoms with Crippen molar-refractivity contribution in [2.75, 3.05) is 13.1 Å². The minimum atomic E-state index is -4.52. The number of nitrogens with one attached hydrogen (secondary N) is 2. The van der Waals surface area contributed by atoms with Gasteiger partial charge in [-0.15, -0.1) is 0 Å². The Morgan fingerprint density at radius 1 is 1.19 bits per heavy atom. The van der Waals surface area contributed by atoms with Crippen molar-refractivity contribution in [2.24, 2.45) is 0 Å². The molecule has 0 saturated carbocycles. The van der Waals surface area contributed by atoms with Crippen LogP contribution in [-0.2, 0) is 11.4 Å². The zero-order chi connectivity index (χ0) is 20.0. The summed E-state index contributed by atoms with van der Waals surface area (Å²) in [5, 5.41) is 7.75. The molecule has 10 heteroatoms. The molecule has 0 unspecified atom stereocenters. The van der Waals surface area contributed by atoms with Crippen molar-refractivity contribution < 1.29 is 32.0 Å². The quantitative estimate of drug-likeness (QED) is 0.763. The van der Waals surface area contributed by atoms with E-state index in [1.165, 1.54) is 6.07 Å². The van der Waals surface area contributed by atoms with Crippen LogP contribution in [0.3, 0.4) is 0 Å². The second-order valence-corrected chi connectivity index (χ2v) is 5.66. The first-order chi connectivity index (χ1) is 12.7. The smallest absolute Gasteiger partial charge is 0.405 e. The monoisotopic (exact) mass is 385 g/mol. The van der Waals surface area contributed by atoms with Gasteiger partial charge in [0.2, 0.25) is 5.91 Å². The van der Waals surface area contributed by atoms with E-state index in [9.17, 15) is 22.8 Å². The van der Waals surface area contributed by atoms with Crippen molar-refractivity contribution in [1.29, 1.82) is 0 Å². The van der Waals surface area contributed by atoms with Crippen LogP contribution in [0.5, 0.6) is 5.75 Å². The molecule has 0 spiro atoms. The molecular weight excluding hydrogens is 367 g/mol. The number of nitrogens with zero attached hydrogens (tertiary/aromatic N) is 1. The average molecular weight is 385 g/mol. The van der Waals surface area contributed by atoms with Gasteiger partial charge in [0.15, 0.2) is 0 Å². The van der Waals surface area contributed by atoms with Gasteiger partial charge in [0.25, 0.3) is 5.91 Å². The van der Waals surface area contributed by atoms with Crippen LogP contribution in [0, 0.1) is 13.8 Å². The summed E-state index contributed by atoms with van der Waals surface area (Å²) in [4.78, 5) is 23.6. The van der Waals surface area contributed by atoms with Crippen molar-refractivity contribution in [3.8, 4) is 5.75 Å². The second-order valence-electron chi connectivity index (χ2n) is 5.66. The molecule has 2 N–H and O–H groups in total. The van der Waals surface area contributed by atoms with E-state index in [1.807, 2.05) is 0 Å². The number of hydrogen-bond donors (Lipinski definition) is 2. The third-order valence-electron chi connectivity index (χ3n) is 3.58. The van der Waals surface area contributed by atoms with E-state index < -0.39 is 31.1 Å². The molecule has 2 amide bonds. The topological polar surface area (TPSA) is 93.5 Å². The highest BCUT2D eigenvalue weighted by atomic mass is 19.4. The summed E-state index contributed by atoms with van der Waals surface area (Å²) in [5.74, 6) is -0.747. The number of aromatic nitrogens is 1. The van der Waals surface area contributed by atoms with E-state index in [0.717, 1.165) is 5.56 Å². The molecule has 0 bridgehead atoms. The Labute approximate surface area is 152 Å². The number of ether oxygens (including phenoxy) is 1. The zero-order valence-corrected chi connectivity index (χ0v) is 14.6. The number of halogens is 3. The Kier molecular flexibility index (Phi) is 6.43. The van der Waals surface area contributed by atoms with Gasteiger partial charge in [0.1, 0.15) is 24.7 Å². The van der Waals surface area contributed by atoms with Crippen LogP contribution in [-0.4, -0.2) is 36.2 Å². The molecule has 2 rings (SSSR count). The summed E-state index contributed by atoms with van der Waals surface area (Å²) in [6.45, 7) is 1.56. The van der Waals surface area contributed by atoms with Gasteiger partial charge in [0.05, 0.1) is 23.4 Å². The van der Waals surface area contributed by atoms with Crippen molar-refractivity contribution in [2.45, 2.75) is 26.6 Å². The molecule has 7 nitrogen and oxygen atoms in total. The molecule has 27 heavy (non-hydrogen) atoms. The van der Waals surface area contributed by atoms with Crippen LogP contribution in [0.25, 0.3) is 0 Å². The minimum absolute atomic E-state index is 0.123. The lowest BCUT2D eigenvalue weighted by molar-refractivity contribution is -0.137. The van der Waals surface area contributed by atoms with Gasteiger partial charge in [-0.2, -0.15) is 13.2 Å². The van der Waals surface area contributed by atoms with Crippen LogP contribution in [0.4, 0.5) is 13.2 Å². The first-order valence-corrected chi connectivity index (χ1v) is 7.92. The number of alkyl halides is 3. The standard InChI is InChI=1S/C17H18F3N3O4/c1-10-13(11(2)27-23-10)8-26-14-6-4-3-5-12(14)16(25)21-7-15(24)22-9-17(18,19)20/h3-6H,7-9H2,1-2H3,(H,21,25)(H,22,24). The largest absolute Gasteiger partial charge is 0.488 e. The molecule has 0 aliphatic heterocycles. The number of carbonyl (C=O) groups is 2. The van der Waals surface area contributed by atoms with Crippen LogP contribution in [0.2, 0.25) is 0 Å². The van der Waals surface area contributed by atoms with E-state index in [4.69, 9.17) is 9.26 Å².